The van der Waals surface area contributed by atoms with Crippen LogP contribution in [0, 0.1) is 17.8 Å². The van der Waals surface area contributed by atoms with Crippen LogP contribution in [-0.4, -0.2) is 108 Å². The number of unbranched alkanes of at least 4 members (excludes halogenated alkanes) is 1. The molecule has 4 rings (SSSR count). The van der Waals surface area contributed by atoms with E-state index >= 15 is 0 Å². The van der Waals surface area contributed by atoms with Crippen molar-refractivity contribution in [2.75, 3.05) is 33.0 Å². The third-order valence-corrected chi connectivity index (χ3v) is 11.8. The van der Waals surface area contributed by atoms with Gasteiger partial charge in [0, 0.05) is 43.4 Å². The van der Waals surface area contributed by atoms with Crippen LogP contribution in [0.3, 0.4) is 0 Å². The number of Topliss-reactive ketones (excluding diaryl/α,β-unsaturated/α-hetero) is 1. The fourth-order valence-corrected chi connectivity index (χ4v) is 7.85. The van der Waals surface area contributed by atoms with E-state index in [4.69, 9.17) is 27.8 Å². The van der Waals surface area contributed by atoms with Gasteiger partial charge in [0.1, 0.15) is 23.5 Å². The summed E-state index contributed by atoms with van der Waals surface area (Å²) in [6.07, 6.45) is 4.39. The van der Waals surface area contributed by atoms with Gasteiger partial charge in [-0.3, -0.25) is 19.2 Å². The Morgan fingerprint density at radius 3 is 2.49 bits per heavy atom. The van der Waals surface area contributed by atoms with E-state index in [1.165, 1.54) is 0 Å². The number of nitrogens with two attached hydrogens (primary N) is 1. The fraction of sp³-hybridized carbons (Fsp3) is 0.711. The second-order valence-corrected chi connectivity index (χ2v) is 15.2. The van der Waals surface area contributed by atoms with Crippen LogP contribution in [0.4, 0.5) is 10.5 Å². The smallest absolute Gasteiger partial charge is 0.410 e. The molecule has 0 bridgehead atoms. The minimum absolute atomic E-state index is 0.133. The zero-order valence-electron chi connectivity index (χ0n) is 32.1. The van der Waals surface area contributed by atoms with Crippen LogP contribution in [-0.2, 0) is 30.3 Å². The molecule has 2 radical (unpaired) electrons. The van der Waals surface area contributed by atoms with Crippen molar-refractivity contribution >= 4 is 31.4 Å². The maximum atomic E-state index is 13.9. The predicted molar refractivity (Wildman–Crippen MR) is 198 cm³/mol. The first-order valence-electron chi connectivity index (χ1n) is 18.6. The molecule has 2 aromatic rings. The number of methoxy groups -OCH3 is 1. The number of aromatic nitrogens is 3. The van der Waals surface area contributed by atoms with E-state index in [9.17, 15) is 14.4 Å². The molecule has 2 saturated heterocycles. The average molecular weight is 707 g/mol. The average Bonchev–Trinajstić information content (AvgIpc) is 3.69. The number of hydrogen-bond donors (Lipinski definition) is 1. The Morgan fingerprint density at radius 2 is 1.82 bits per heavy atom. The lowest BCUT2D eigenvalue weighted by molar-refractivity contribution is -0.171. The number of carbonyl (C=O) groups excluding carboxylic acids is 3. The lowest BCUT2D eigenvalue weighted by Gasteiger charge is -2.44. The Kier molecular flexibility index (Phi) is 13.4. The van der Waals surface area contributed by atoms with Crippen molar-refractivity contribution < 1.29 is 28.6 Å². The van der Waals surface area contributed by atoms with Crippen molar-refractivity contribution in [2.45, 2.75) is 129 Å². The zero-order chi connectivity index (χ0) is 37.7. The molecule has 0 spiro atoms. The molecular formula is C38H59BN6O6. The summed E-state index contributed by atoms with van der Waals surface area (Å²) in [5, 5.41) is 7.64. The maximum absolute atomic E-state index is 13.9. The minimum atomic E-state index is -1.16. The van der Waals surface area contributed by atoms with Crippen LogP contribution < -0.4 is 5.73 Å². The van der Waals surface area contributed by atoms with E-state index < -0.39 is 53.1 Å². The van der Waals surface area contributed by atoms with Crippen molar-refractivity contribution in [2.24, 2.45) is 17.8 Å². The maximum Gasteiger partial charge on any atom is 0.410 e. The monoisotopic (exact) mass is 706 g/mol. The van der Waals surface area contributed by atoms with Crippen molar-refractivity contribution in [1.29, 1.82) is 0 Å². The molecule has 51 heavy (non-hydrogen) atoms. The number of cyclic esters (lactones) is 1. The number of aryl methyl sites for hydroxylation is 1. The molecular weight excluding hydrogens is 647 g/mol. The number of rotatable bonds is 9. The molecule has 13 heteroatoms. The van der Waals surface area contributed by atoms with Crippen molar-refractivity contribution in [3.63, 3.8) is 0 Å². The van der Waals surface area contributed by atoms with Gasteiger partial charge in [0.2, 0.25) is 0 Å². The van der Waals surface area contributed by atoms with E-state index in [1.54, 1.807) is 30.5 Å². The Hall–Kier alpha value is -3.45. The van der Waals surface area contributed by atoms with E-state index in [2.05, 4.69) is 36.1 Å². The number of ether oxygens (including phenoxy) is 3. The van der Waals surface area contributed by atoms with Gasteiger partial charge in [0.15, 0.2) is 5.60 Å². The number of anilines is 1. The van der Waals surface area contributed by atoms with E-state index in [1.807, 2.05) is 51.2 Å². The summed E-state index contributed by atoms with van der Waals surface area (Å²) in [5.41, 5.74) is 7.10. The van der Waals surface area contributed by atoms with Gasteiger partial charge >= 0.3 is 12.1 Å². The summed E-state index contributed by atoms with van der Waals surface area (Å²) in [6.45, 7) is 15.2. The number of nitrogen functional groups attached to an aromatic ring is 1. The molecule has 0 saturated carbocycles. The highest BCUT2D eigenvalue weighted by molar-refractivity contribution is 6.18. The third kappa shape index (κ3) is 8.79. The lowest BCUT2D eigenvalue weighted by Crippen LogP contribution is -2.61. The second kappa shape index (κ2) is 16.9. The molecule has 2 fully saturated rings. The first-order valence-corrected chi connectivity index (χ1v) is 18.6. The number of carbonyl (C=O) groups is 3. The summed E-state index contributed by atoms with van der Waals surface area (Å²) in [6, 6.07) is 6.99. The highest BCUT2D eigenvalue weighted by atomic mass is 16.6. The van der Waals surface area contributed by atoms with Crippen LogP contribution in [0.15, 0.2) is 30.5 Å². The highest BCUT2D eigenvalue weighted by Crippen LogP contribution is 2.45. The van der Waals surface area contributed by atoms with Gasteiger partial charge in [-0.15, -0.1) is 5.10 Å². The van der Waals surface area contributed by atoms with Crippen LogP contribution in [0.2, 0.25) is 5.31 Å². The summed E-state index contributed by atoms with van der Waals surface area (Å²) in [5.74, 6) is -2.32. The fourth-order valence-electron chi connectivity index (χ4n) is 7.85. The zero-order valence-corrected chi connectivity index (χ0v) is 32.1. The van der Waals surface area contributed by atoms with E-state index in [-0.39, 0.29) is 11.8 Å². The molecule has 2 aliphatic heterocycles. The number of nitrogens with zero attached hydrogens (tertiary/aromatic N) is 5. The van der Waals surface area contributed by atoms with Crippen LogP contribution in [0.5, 0.6) is 0 Å². The molecule has 1 unspecified atom stereocenters. The number of ketones is 1. The molecule has 12 nitrogen and oxygen atoms in total. The number of esters is 1. The van der Waals surface area contributed by atoms with Gasteiger partial charge in [-0.05, 0) is 90.3 Å². The van der Waals surface area contributed by atoms with Gasteiger partial charge in [0.05, 0.1) is 26.2 Å². The number of benzene rings is 1. The Labute approximate surface area is 305 Å². The molecule has 3 heterocycles. The molecule has 1 aromatic carbocycles. The van der Waals surface area contributed by atoms with Gasteiger partial charge in [-0.1, -0.05) is 51.0 Å². The standard InChI is InChI=1S/C38H59BN6O6/c1-10-32-37(7)34(45(36(48)51-37)20-12-11-19-44-23-31(41-42-44)29-14-13-15-30(40)22-29)27(5)43(8)21-17-24(2)16-18-38(39,28(6)49-9)26(4)33(46)25(3)35(47)50-32/h13-15,22-28,32,34H,10-12,16-21,40H2,1-9H3/t24-,25+,26-,27-,28?,32+,34+,37+,38-/m0/s1. The number of amides is 1. The van der Waals surface area contributed by atoms with Crippen molar-refractivity contribution in [3.8, 4) is 11.3 Å². The first-order chi connectivity index (χ1) is 24.1. The van der Waals surface area contributed by atoms with Crippen molar-refractivity contribution in [3.05, 3.63) is 30.5 Å². The number of fused-ring (bicyclic) bond motifs is 1. The first kappa shape index (κ1) is 40.3. The normalized spacial score (nSPS) is 32.3. The summed E-state index contributed by atoms with van der Waals surface area (Å²) in [7, 11) is 10.6. The van der Waals surface area contributed by atoms with Crippen LogP contribution in [0.25, 0.3) is 11.3 Å². The Bertz CT molecular complexity index is 1510. The SMILES string of the molecule is [B][C@@]1(C(C)OC)CC[C@H](C)CCN(C)[C@@H](C)[C@H]2N(CCCCn3cc(-c4cccc(N)c4)nn3)C(=O)O[C@]2(C)[C@@H](CC)OC(=O)[C@H](C)C(=O)[C@@H]1C. The Balaban J connectivity index is 1.55. The van der Waals surface area contributed by atoms with Gasteiger partial charge < -0.3 is 24.8 Å². The molecule has 0 aliphatic carbocycles. The third-order valence-electron chi connectivity index (χ3n) is 11.8. The summed E-state index contributed by atoms with van der Waals surface area (Å²) >= 11 is 0. The van der Waals surface area contributed by atoms with Crippen molar-refractivity contribution in [1.82, 2.24) is 24.8 Å². The molecule has 1 amide bonds. The van der Waals surface area contributed by atoms with Gasteiger partial charge in [0.25, 0.3) is 0 Å². The molecule has 2 N–H and O–H groups in total. The molecule has 9 atom stereocenters. The summed E-state index contributed by atoms with van der Waals surface area (Å²) < 4.78 is 19.8. The topological polar surface area (TPSA) is 142 Å². The largest absolute Gasteiger partial charge is 0.458 e. The highest BCUT2D eigenvalue weighted by Gasteiger charge is 2.59. The molecule has 2 aliphatic rings. The molecule has 1 aromatic heterocycles. The van der Waals surface area contributed by atoms with Crippen LogP contribution in [0.1, 0.15) is 87.0 Å². The number of likely N-dealkylation sites (N-methyl/N-ethyl adjacent to an activating group) is 1. The number of hydrogen-bond acceptors (Lipinski definition) is 10. The Morgan fingerprint density at radius 1 is 1.12 bits per heavy atom. The summed E-state index contributed by atoms with van der Waals surface area (Å²) in [4.78, 5) is 45.4. The quantitative estimate of drug-likeness (QED) is 0.116. The molecule has 280 valence electrons. The van der Waals surface area contributed by atoms with Crippen LogP contribution >= 0.6 is 0 Å². The second-order valence-electron chi connectivity index (χ2n) is 15.2. The van der Waals surface area contributed by atoms with E-state index in [0.717, 1.165) is 37.1 Å². The predicted octanol–water partition coefficient (Wildman–Crippen LogP) is 5.55. The van der Waals surface area contributed by atoms with Gasteiger partial charge in [-0.2, -0.15) is 0 Å². The minimum Gasteiger partial charge on any atom is -0.458 e. The lowest BCUT2D eigenvalue weighted by atomic mass is 9.53. The van der Waals surface area contributed by atoms with E-state index in [0.29, 0.717) is 44.0 Å². The van der Waals surface area contributed by atoms with Gasteiger partial charge in [-0.25, -0.2) is 4.79 Å².